The van der Waals surface area contributed by atoms with Crippen LogP contribution >= 0.6 is 11.3 Å². The third kappa shape index (κ3) is 4.58. The van der Waals surface area contributed by atoms with Crippen LogP contribution in [0.3, 0.4) is 0 Å². The quantitative estimate of drug-likeness (QED) is 0.309. The molecule has 0 bridgehead atoms. The first-order valence-electron chi connectivity index (χ1n) is 9.45. The van der Waals surface area contributed by atoms with E-state index in [1.807, 2.05) is 35.7 Å². The summed E-state index contributed by atoms with van der Waals surface area (Å²) in [5.74, 6) is -0.403. The van der Waals surface area contributed by atoms with E-state index in [9.17, 15) is 4.79 Å². The van der Waals surface area contributed by atoms with E-state index in [4.69, 9.17) is 4.74 Å². The zero-order valence-electron chi connectivity index (χ0n) is 16.0. The molecule has 0 spiro atoms. The highest BCUT2D eigenvalue weighted by Gasteiger charge is 2.07. The summed E-state index contributed by atoms with van der Waals surface area (Å²) < 4.78 is 5.35. The van der Waals surface area contributed by atoms with Gasteiger partial charge < -0.3 is 4.74 Å². The van der Waals surface area contributed by atoms with Gasteiger partial charge in [-0.3, -0.25) is 4.98 Å². The van der Waals surface area contributed by atoms with Crippen molar-refractivity contribution in [2.75, 3.05) is 0 Å². The van der Waals surface area contributed by atoms with Gasteiger partial charge in [0.2, 0.25) is 0 Å². The molecule has 0 unspecified atom stereocenters. The third-order valence-corrected chi connectivity index (χ3v) is 5.53. The van der Waals surface area contributed by atoms with Gasteiger partial charge in [0.05, 0.1) is 11.2 Å². The largest absolute Gasteiger partial charge is 0.456 e. The Kier molecular flexibility index (Phi) is 5.77. The summed E-state index contributed by atoms with van der Waals surface area (Å²) in [4.78, 5) is 21.1. The second kappa shape index (κ2) is 8.80. The SMILES string of the molecule is CCc1ccc(-c2nc(COC(=O)/C=C/c3cccc4cccnc34)cs2)cc1. The minimum Gasteiger partial charge on any atom is -0.456 e. The van der Waals surface area contributed by atoms with Gasteiger partial charge in [-0.15, -0.1) is 11.3 Å². The van der Waals surface area contributed by atoms with Crippen molar-refractivity contribution < 1.29 is 9.53 Å². The van der Waals surface area contributed by atoms with Gasteiger partial charge in [0, 0.05) is 34.2 Å². The molecule has 4 nitrogen and oxygen atoms in total. The van der Waals surface area contributed by atoms with Crippen molar-refractivity contribution in [3.8, 4) is 10.6 Å². The number of hydrogen-bond acceptors (Lipinski definition) is 5. The number of carbonyl (C=O) groups is 1. The molecule has 0 saturated heterocycles. The standard InChI is InChI=1S/C24H20N2O2S/c1-2-17-8-10-20(11-9-17)24-26-21(16-29-24)15-28-22(27)13-12-19-6-3-5-18-7-4-14-25-23(18)19/h3-14,16H,2,15H2,1H3/b13-12+. The third-order valence-electron chi connectivity index (χ3n) is 4.59. The van der Waals surface area contributed by atoms with Crippen LogP contribution in [0.1, 0.15) is 23.7 Å². The number of hydrogen-bond donors (Lipinski definition) is 0. The van der Waals surface area contributed by atoms with E-state index >= 15 is 0 Å². The molecule has 0 aliphatic rings. The van der Waals surface area contributed by atoms with E-state index in [0.29, 0.717) is 0 Å². The first-order chi connectivity index (χ1) is 14.2. The van der Waals surface area contributed by atoms with Crippen LogP contribution in [0.15, 0.2) is 72.3 Å². The summed E-state index contributed by atoms with van der Waals surface area (Å²) in [6, 6.07) is 18.1. The predicted molar refractivity (Wildman–Crippen MR) is 118 cm³/mol. The van der Waals surface area contributed by atoms with Gasteiger partial charge in [-0.1, -0.05) is 55.5 Å². The Morgan fingerprint density at radius 3 is 2.76 bits per heavy atom. The van der Waals surface area contributed by atoms with E-state index in [1.54, 1.807) is 23.6 Å². The van der Waals surface area contributed by atoms with Crippen LogP contribution in [0, 0.1) is 0 Å². The van der Waals surface area contributed by atoms with Crippen LogP contribution in [0.2, 0.25) is 0 Å². The number of esters is 1. The molecule has 0 N–H and O–H groups in total. The Bertz CT molecular complexity index is 1160. The Morgan fingerprint density at radius 2 is 1.93 bits per heavy atom. The summed E-state index contributed by atoms with van der Waals surface area (Å²) in [5, 5.41) is 3.88. The molecule has 0 aliphatic heterocycles. The van der Waals surface area contributed by atoms with Gasteiger partial charge >= 0.3 is 5.97 Å². The van der Waals surface area contributed by atoms with Gasteiger partial charge in [0.15, 0.2) is 0 Å². The van der Waals surface area contributed by atoms with Crippen molar-refractivity contribution in [1.29, 1.82) is 0 Å². The number of thiazole rings is 1. The van der Waals surface area contributed by atoms with Gasteiger partial charge in [0.1, 0.15) is 11.6 Å². The number of ether oxygens (including phenoxy) is 1. The van der Waals surface area contributed by atoms with Crippen molar-refractivity contribution in [3.05, 3.63) is 89.1 Å². The number of nitrogens with zero attached hydrogens (tertiary/aromatic N) is 2. The van der Waals surface area contributed by atoms with Gasteiger partial charge in [0.25, 0.3) is 0 Å². The highest BCUT2D eigenvalue weighted by Crippen LogP contribution is 2.24. The average Bonchev–Trinajstić information content (AvgIpc) is 3.25. The minimum absolute atomic E-state index is 0.153. The van der Waals surface area contributed by atoms with Crippen LogP contribution in [0.25, 0.3) is 27.6 Å². The molecule has 29 heavy (non-hydrogen) atoms. The van der Waals surface area contributed by atoms with Crippen molar-refractivity contribution in [2.45, 2.75) is 20.0 Å². The van der Waals surface area contributed by atoms with Crippen molar-refractivity contribution in [3.63, 3.8) is 0 Å². The van der Waals surface area contributed by atoms with E-state index < -0.39 is 5.97 Å². The molecule has 2 heterocycles. The number of rotatable bonds is 6. The van der Waals surface area contributed by atoms with Crippen LogP contribution in [0.5, 0.6) is 0 Å². The fraction of sp³-hybridized carbons (Fsp3) is 0.125. The van der Waals surface area contributed by atoms with Crippen LogP contribution < -0.4 is 0 Å². The molecule has 0 saturated carbocycles. The summed E-state index contributed by atoms with van der Waals surface area (Å²) in [6.45, 7) is 2.29. The second-order valence-corrected chi connectivity index (χ2v) is 7.42. The first kappa shape index (κ1) is 19.0. The molecule has 0 fully saturated rings. The second-order valence-electron chi connectivity index (χ2n) is 6.56. The van der Waals surface area contributed by atoms with E-state index in [-0.39, 0.29) is 6.61 Å². The van der Waals surface area contributed by atoms with Crippen LogP contribution in [-0.4, -0.2) is 15.9 Å². The maximum Gasteiger partial charge on any atom is 0.331 e. The summed E-state index contributed by atoms with van der Waals surface area (Å²) in [6.07, 6.45) is 5.93. The van der Waals surface area contributed by atoms with Crippen molar-refractivity contribution in [2.24, 2.45) is 0 Å². The molecule has 0 aliphatic carbocycles. The van der Waals surface area contributed by atoms with Crippen molar-refractivity contribution >= 4 is 34.3 Å². The van der Waals surface area contributed by atoms with Gasteiger partial charge in [-0.2, -0.15) is 0 Å². The smallest absolute Gasteiger partial charge is 0.331 e. The van der Waals surface area contributed by atoms with E-state index in [1.165, 1.54) is 11.6 Å². The molecule has 0 radical (unpaired) electrons. The molecular weight excluding hydrogens is 380 g/mol. The van der Waals surface area contributed by atoms with E-state index in [0.717, 1.165) is 39.2 Å². The molecule has 2 aromatic carbocycles. The Hall–Kier alpha value is -3.31. The molecule has 5 heteroatoms. The maximum atomic E-state index is 12.1. The molecule has 0 atom stereocenters. The topological polar surface area (TPSA) is 52.1 Å². The fourth-order valence-corrected chi connectivity index (χ4v) is 3.81. The zero-order valence-corrected chi connectivity index (χ0v) is 16.9. The number of fused-ring (bicyclic) bond motifs is 1. The lowest BCUT2D eigenvalue weighted by Crippen LogP contribution is -2.01. The van der Waals surface area contributed by atoms with Crippen LogP contribution in [-0.2, 0) is 22.6 Å². The molecule has 2 aromatic heterocycles. The number of pyridine rings is 1. The fourth-order valence-electron chi connectivity index (χ4n) is 3.00. The lowest BCUT2D eigenvalue weighted by molar-refractivity contribution is -0.139. The maximum absolute atomic E-state index is 12.1. The normalized spacial score (nSPS) is 11.2. The number of aromatic nitrogens is 2. The predicted octanol–water partition coefficient (Wildman–Crippen LogP) is 5.68. The summed E-state index contributed by atoms with van der Waals surface area (Å²) in [7, 11) is 0. The number of benzene rings is 2. The Morgan fingerprint density at radius 1 is 1.10 bits per heavy atom. The lowest BCUT2D eigenvalue weighted by Gasteiger charge is -2.01. The average molecular weight is 401 g/mol. The lowest BCUT2D eigenvalue weighted by atomic mass is 10.1. The number of aryl methyl sites for hydroxylation is 1. The number of carbonyl (C=O) groups excluding carboxylic acids is 1. The first-order valence-corrected chi connectivity index (χ1v) is 10.3. The van der Waals surface area contributed by atoms with Gasteiger partial charge in [-0.05, 0) is 24.1 Å². The molecule has 4 aromatic rings. The summed E-state index contributed by atoms with van der Waals surface area (Å²) >= 11 is 1.55. The molecular formula is C24H20N2O2S. The highest BCUT2D eigenvalue weighted by molar-refractivity contribution is 7.13. The zero-order chi connectivity index (χ0) is 20.1. The highest BCUT2D eigenvalue weighted by atomic mass is 32.1. The van der Waals surface area contributed by atoms with E-state index in [2.05, 4.69) is 41.2 Å². The molecule has 0 amide bonds. The Labute approximate surface area is 173 Å². The van der Waals surface area contributed by atoms with Crippen LogP contribution in [0.4, 0.5) is 0 Å². The number of para-hydroxylation sites is 1. The summed E-state index contributed by atoms with van der Waals surface area (Å²) in [5.41, 5.74) is 4.86. The Balaban J connectivity index is 1.38. The van der Waals surface area contributed by atoms with Crippen molar-refractivity contribution in [1.82, 2.24) is 9.97 Å². The van der Waals surface area contributed by atoms with Gasteiger partial charge in [-0.25, -0.2) is 9.78 Å². The monoisotopic (exact) mass is 400 g/mol. The molecule has 144 valence electrons. The molecule has 4 rings (SSSR count). The minimum atomic E-state index is -0.403.